The second-order valence-corrected chi connectivity index (χ2v) is 8.03. The zero-order valence-electron chi connectivity index (χ0n) is 17.4. The Hall–Kier alpha value is -3.66. The molecule has 1 amide bonds. The van der Waals surface area contributed by atoms with Crippen LogP contribution in [0, 0.1) is 0 Å². The van der Waals surface area contributed by atoms with Crippen molar-refractivity contribution in [3.05, 3.63) is 69.7 Å². The van der Waals surface area contributed by atoms with E-state index in [-0.39, 0.29) is 34.0 Å². The van der Waals surface area contributed by atoms with E-state index in [0.29, 0.717) is 35.9 Å². The van der Waals surface area contributed by atoms with E-state index >= 15 is 0 Å². The van der Waals surface area contributed by atoms with Gasteiger partial charge < -0.3 is 35.1 Å². The highest BCUT2D eigenvalue weighted by molar-refractivity contribution is 6.39. The van der Waals surface area contributed by atoms with Crippen LogP contribution < -0.4 is 24.8 Å². The highest BCUT2D eigenvalue weighted by Gasteiger charge is 2.17. The lowest BCUT2D eigenvalue weighted by atomic mass is 10.1. The molecule has 3 aromatic rings. The fraction of sp³-hybridized carbons (Fsp3) is 0.130. The summed E-state index contributed by atoms with van der Waals surface area (Å²) in [5, 5.41) is 24.5. The predicted molar refractivity (Wildman–Crippen MR) is 124 cm³/mol. The molecule has 4 rings (SSSR count). The molecule has 4 N–H and O–H groups in total. The number of aromatic hydroxyl groups is 1. The number of amides is 1. The van der Waals surface area contributed by atoms with Crippen molar-refractivity contribution in [1.29, 1.82) is 0 Å². The molecular formula is C23H18Cl2N2O7. The van der Waals surface area contributed by atoms with Crippen LogP contribution in [-0.4, -0.2) is 28.9 Å². The highest BCUT2D eigenvalue weighted by atomic mass is 35.5. The molecule has 0 aliphatic carbocycles. The number of carboxylic acid groups (broad SMARTS) is 1. The summed E-state index contributed by atoms with van der Waals surface area (Å²) in [6.07, 6.45) is 0. The molecule has 34 heavy (non-hydrogen) atoms. The number of anilines is 1. The van der Waals surface area contributed by atoms with Crippen molar-refractivity contribution in [3.63, 3.8) is 0 Å². The van der Waals surface area contributed by atoms with E-state index in [1.165, 1.54) is 18.2 Å². The molecule has 1 aliphatic heterocycles. The summed E-state index contributed by atoms with van der Waals surface area (Å²) >= 11 is 12.4. The summed E-state index contributed by atoms with van der Waals surface area (Å²) in [7, 11) is 0. The second-order valence-electron chi connectivity index (χ2n) is 7.21. The molecule has 9 nitrogen and oxygen atoms in total. The van der Waals surface area contributed by atoms with Gasteiger partial charge in [0.15, 0.2) is 17.2 Å². The minimum Gasteiger partial charge on any atom is -0.508 e. The third-order valence-corrected chi connectivity index (χ3v) is 5.36. The average molecular weight is 505 g/mol. The van der Waals surface area contributed by atoms with E-state index in [9.17, 15) is 14.7 Å². The fourth-order valence-corrected chi connectivity index (χ4v) is 3.76. The zero-order valence-corrected chi connectivity index (χ0v) is 18.9. The van der Waals surface area contributed by atoms with E-state index in [4.69, 9.17) is 42.5 Å². The number of fused-ring (bicyclic) bond motifs is 1. The van der Waals surface area contributed by atoms with E-state index in [0.717, 1.165) is 5.56 Å². The van der Waals surface area contributed by atoms with Gasteiger partial charge in [-0.25, -0.2) is 4.79 Å². The largest absolute Gasteiger partial charge is 0.508 e. The Morgan fingerprint density at radius 2 is 1.71 bits per heavy atom. The fourth-order valence-electron chi connectivity index (χ4n) is 3.19. The Morgan fingerprint density at radius 1 is 0.971 bits per heavy atom. The Kier molecular flexibility index (Phi) is 6.97. The summed E-state index contributed by atoms with van der Waals surface area (Å²) in [5.74, 6) is -0.908. The standard InChI is InChI=1S/C23H18Cl2N2O7/c24-16-7-14(27-22(29)23(30)31)8-17(25)21(16)34-15-2-3-18(28)13(6-15)10-26-9-12-1-4-19-20(5-12)33-11-32-19/h1-8,26,28H,9-11H2,(H,27,29)(H,30,31). The first-order valence-electron chi connectivity index (χ1n) is 9.92. The molecule has 0 bridgehead atoms. The molecule has 11 heteroatoms. The molecular weight excluding hydrogens is 487 g/mol. The SMILES string of the molecule is O=C(O)C(=O)Nc1cc(Cl)c(Oc2ccc(O)c(CNCc3ccc4c(c3)OCO4)c2)c(Cl)c1. The van der Waals surface area contributed by atoms with Crippen molar-refractivity contribution < 1.29 is 34.0 Å². The number of rotatable bonds is 7. The van der Waals surface area contributed by atoms with Crippen LogP contribution in [0.3, 0.4) is 0 Å². The summed E-state index contributed by atoms with van der Waals surface area (Å²) in [6.45, 7) is 1.09. The minimum absolute atomic E-state index is 0.0590. The highest BCUT2D eigenvalue weighted by Crippen LogP contribution is 2.39. The number of hydrogen-bond donors (Lipinski definition) is 4. The number of hydrogen-bond acceptors (Lipinski definition) is 7. The van der Waals surface area contributed by atoms with Crippen LogP contribution in [0.25, 0.3) is 0 Å². The number of aliphatic carboxylic acids is 1. The Labute approximate surface area is 203 Å². The van der Waals surface area contributed by atoms with Crippen LogP contribution in [0.15, 0.2) is 48.5 Å². The number of phenolic OH excluding ortho intramolecular Hbond substituents is 1. The van der Waals surface area contributed by atoms with Gasteiger partial charge in [-0.15, -0.1) is 0 Å². The smallest absolute Gasteiger partial charge is 0.394 e. The Balaban J connectivity index is 1.42. The number of carbonyl (C=O) groups excluding carboxylic acids is 1. The predicted octanol–water partition coefficient (Wildman–Crippen LogP) is 4.53. The lowest BCUT2D eigenvalue weighted by Crippen LogP contribution is -2.21. The summed E-state index contributed by atoms with van der Waals surface area (Å²) in [6, 6.07) is 13.0. The van der Waals surface area contributed by atoms with Crippen molar-refractivity contribution in [2.24, 2.45) is 0 Å². The molecule has 176 valence electrons. The van der Waals surface area contributed by atoms with Crippen molar-refractivity contribution in [2.45, 2.75) is 13.1 Å². The number of carbonyl (C=O) groups is 2. The summed E-state index contributed by atoms with van der Waals surface area (Å²) in [4.78, 5) is 22.0. The van der Waals surface area contributed by atoms with Crippen LogP contribution in [0.2, 0.25) is 10.0 Å². The first kappa shape index (κ1) is 23.5. The maximum absolute atomic E-state index is 11.3. The van der Waals surface area contributed by atoms with E-state index < -0.39 is 11.9 Å². The van der Waals surface area contributed by atoms with E-state index in [1.807, 2.05) is 18.2 Å². The molecule has 3 aromatic carbocycles. The maximum Gasteiger partial charge on any atom is 0.394 e. The number of nitrogens with one attached hydrogen (secondary N) is 2. The zero-order chi connectivity index (χ0) is 24.2. The van der Waals surface area contributed by atoms with Gasteiger partial charge in [0.25, 0.3) is 0 Å². The van der Waals surface area contributed by atoms with Crippen molar-refractivity contribution in [3.8, 4) is 28.7 Å². The maximum atomic E-state index is 11.3. The number of carboxylic acids is 1. The minimum atomic E-state index is -1.64. The molecule has 1 aliphatic rings. The number of benzene rings is 3. The molecule has 0 spiro atoms. The van der Waals surface area contributed by atoms with Crippen LogP contribution in [0.4, 0.5) is 5.69 Å². The molecule has 0 saturated heterocycles. The first-order valence-corrected chi connectivity index (χ1v) is 10.7. The monoisotopic (exact) mass is 504 g/mol. The van der Waals surface area contributed by atoms with E-state index in [2.05, 4.69) is 10.6 Å². The van der Waals surface area contributed by atoms with Crippen LogP contribution >= 0.6 is 23.2 Å². The molecule has 1 heterocycles. The number of halogens is 2. The third-order valence-electron chi connectivity index (χ3n) is 4.80. The van der Waals surface area contributed by atoms with Crippen molar-refractivity contribution >= 4 is 40.8 Å². The van der Waals surface area contributed by atoms with Crippen LogP contribution in [0.5, 0.6) is 28.7 Å². The Bertz CT molecular complexity index is 1240. The van der Waals surface area contributed by atoms with Gasteiger partial charge in [-0.2, -0.15) is 0 Å². The van der Waals surface area contributed by atoms with Gasteiger partial charge in [-0.05, 0) is 48.0 Å². The third kappa shape index (κ3) is 5.45. The second kappa shape index (κ2) is 10.1. The van der Waals surface area contributed by atoms with Gasteiger partial charge in [0.1, 0.15) is 11.5 Å². The van der Waals surface area contributed by atoms with Crippen LogP contribution in [-0.2, 0) is 22.7 Å². The lowest BCUT2D eigenvalue weighted by Gasteiger charge is -2.14. The van der Waals surface area contributed by atoms with Gasteiger partial charge in [-0.3, -0.25) is 4.79 Å². The molecule has 0 unspecified atom stereocenters. The van der Waals surface area contributed by atoms with Gasteiger partial charge in [0, 0.05) is 24.3 Å². The normalized spacial score (nSPS) is 11.8. The topological polar surface area (TPSA) is 126 Å². The van der Waals surface area contributed by atoms with Gasteiger partial charge in [0.2, 0.25) is 6.79 Å². The number of phenols is 1. The van der Waals surface area contributed by atoms with Gasteiger partial charge >= 0.3 is 11.9 Å². The van der Waals surface area contributed by atoms with Gasteiger partial charge in [-0.1, -0.05) is 29.3 Å². The molecule has 0 radical (unpaired) electrons. The molecule has 0 fully saturated rings. The summed E-state index contributed by atoms with van der Waals surface area (Å²) in [5.41, 5.74) is 1.68. The van der Waals surface area contributed by atoms with E-state index in [1.54, 1.807) is 12.1 Å². The van der Waals surface area contributed by atoms with Crippen molar-refractivity contribution in [2.75, 3.05) is 12.1 Å². The average Bonchev–Trinajstić information content (AvgIpc) is 3.26. The van der Waals surface area contributed by atoms with Gasteiger partial charge in [0.05, 0.1) is 10.0 Å². The number of ether oxygens (including phenoxy) is 3. The molecule has 0 aromatic heterocycles. The lowest BCUT2D eigenvalue weighted by molar-refractivity contribution is -0.147. The summed E-state index contributed by atoms with van der Waals surface area (Å²) < 4.78 is 16.5. The first-order chi connectivity index (χ1) is 16.3. The Morgan fingerprint density at radius 3 is 2.44 bits per heavy atom. The van der Waals surface area contributed by atoms with Crippen molar-refractivity contribution in [1.82, 2.24) is 5.32 Å². The quantitative estimate of drug-likeness (QED) is 0.345. The molecule has 0 saturated carbocycles. The molecule has 0 atom stereocenters. The van der Waals surface area contributed by atoms with Crippen LogP contribution in [0.1, 0.15) is 11.1 Å².